The van der Waals surface area contributed by atoms with Crippen molar-refractivity contribution in [1.82, 2.24) is 0 Å². The van der Waals surface area contributed by atoms with Crippen LogP contribution in [0.1, 0.15) is 106 Å². The smallest absolute Gasteiger partial charge is 0.329 e. The van der Waals surface area contributed by atoms with Crippen molar-refractivity contribution in [2.45, 2.75) is 130 Å². The van der Waals surface area contributed by atoms with E-state index in [4.69, 9.17) is 13.0 Å². The lowest BCUT2D eigenvalue weighted by Gasteiger charge is -2.41. The van der Waals surface area contributed by atoms with E-state index in [2.05, 4.69) is 41.5 Å². The van der Waals surface area contributed by atoms with Gasteiger partial charge in [-0.25, -0.2) is 0 Å². The second-order valence-corrected chi connectivity index (χ2v) is 15.1. The van der Waals surface area contributed by atoms with Crippen LogP contribution in [0.4, 0.5) is 0 Å². The van der Waals surface area contributed by atoms with Crippen LogP contribution in [0.3, 0.4) is 0 Å². The lowest BCUT2D eigenvalue weighted by atomic mass is 10.4. The summed E-state index contributed by atoms with van der Waals surface area (Å²) in [6, 6.07) is 4.58. The predicted molar refractivity (Wildman–Crippen MR) is 124 cm³/mol. The van der Waals surface area contributed by atoms with Crippen LogP contribution in [-0.4, -0.2) is 30.3 Å². The molecule has 3 nitrogen and oxygen atoms in total. The molecule has 0 spiro atoms. The van der Waals surface area contributed by atoms with Gasteiger partial charge in [0.25, 0.3) is 0 Å². The predicted octanol–water partition coefficient (Wildman–Crippen LogP) is 7.94. The molecule has 0 fully saturated rings. The molecule has 0 atom stereocenters. The minimum atomic E-state index is -2.21. The van der Waals surface area contributed by atoms with Crippen LogP contribution in [0.5, 0.6) is 0 Å². The highest BCUT2D eigenvalue weighted by Crippen LogP contribution is 2.34. The van der Waals surface area contributed by atoms with Crippen LogP contribution in [0, 0.1) is 0 Å². The van der Waals surface area contributed by atoms with Gasteiger partial charge in [-0.3, -0.25) is 0 Å². The molecule has 0 N–H and O–H groups in total. The van der Waals surface area contributed by atoms with Crippen molar-refractivity contribution in [2.75, 3.05) is 13.2 Å². The fraction of sp³-hybridized carbons (Fsp3) is 1.00. The molecule has 0 aromatic rings. The van der Waals surface area contributed by atoms with Gasteiger partial charge in [0, 0.05) is 13.2 Å². The Balaban J connectivity index is 5.66. The van der Waals surface area contributed by atoms with Gasteiger partial charge in [-0.15, -0.1) is 0 Å². The van der Waals surface area contributed by atoms with E-state index in [0.29, 0.717) is 0 Å². The molecule has 0 heterocycles. The van der Waals surface area contributed by atoms with Crippen molar-refractivity contribution in [3.8, 4) is 0 Å². The molecule has 0 bridgehead atoms. The second-order valence-electron chi connectivity index (χ2n) is 8.03. The molecule has 0 aliphatic heterocycles. The van der Waals surface area contributed by atoms with Gasteiger partial charge in [0.15, 0.2) is 0 Å². The number of rotatable bonds is 20. The Bertz CT molecular complexity index is 253. The molecule has 0 saturated heterocycles. The summed E-state index contributed by atoms with van der Waals surface area (Å²) in [5, 5.41) is 0. The van der Waals surface area contributed by atoms with Crippen LogP contribution < -0.4 is 0 Å². The first-order valence-corrected chi connectivity index (χ1v) is 16.5. The molecule has 0 unspecified atom stereocenters. The number of unbranched alkanes of at least 4 members (excludes halogenated alkanes) is 4. The fourth-order valence-electron chi connectivity index (χ4n) is 3.50. The van der Waals surface area contributed by atoms with Gasteiger partial charge in [-0.2, -0.15) is 0 Å². The van der Waals surface area contributed by atoms with Crippen LogP contribution in [0.25, 0.3) is 0 Å². The number of hydrogen-bond donors (Lipinski definition) is 0. The molecule has 27 heavy (non-hydrogen) atoms. The van der Waals surface area contributed by atoms with E-state index in [1.165, 1.54) is 51.4 Å². The van der Waals surface area contributed by atoms with Crippen molar-refractivity contribution in [3.05, 3.63) is 0 Å². The normalized spacial score (nSPS) is 12.7. The van der Waals surface area contributed by atoms with E-state index in [9.17, 15) is 0 Å². The maximum Gasteiger partial charge on any atom is 0.329 e. The van der Waals surface area contributed by atoms with Crippen LogP contribution in [-0.2, 0) is 13.0 Å². The third-order valence-electron chi connectivity index (χ3n) is 5.16. The summed E-state index contributed by atoms with van der Waals surface area (Å²) in [4.78, 5) is 0. The standard InChI is InChI=1S/C22H50O3Si2/c1-7-13-19-26(20-14-8-2,23-17-11-5)25-27(21-15-9-3,22-16-10-4)24-18-12-6/h7-22H2,1-6H3. The molecule has 5 heteroatoms. The van der Waals surface area contributed by atoms with Gasteiger partial charge in [0.1, 0.15) is 0 Å². The van der Waals surface area contributed by atoms with Gasteiger partial charge in [0.05, 0.1) is 0 Å². The molecule has 0 radical (unpaired) electrons. The first-order chi connectivity index (χ1) is 13.1. The van der Waals surface area contributed by atoms with E-state index >= 15 is 0 Å². The zero-order chi connectivity index (χ0) is 20.4. The summed E-state index contributed by atoms with van der Waals surface area (Å²) in [5.74, 6) is 0. The summed E-state index contributed by atoms with van der Waals surface area (Å²) in [6.07, 6.45) is 11.9. The molecular formula is C22H50O3Si2. The molecular weight excluding hydrogens is 368 g/mol. The SMILES string of the molecule is CCCC[Si](CCCC)(OCCC)O[Si](CCCC)(CCCC)OCCC. The molecule has 0 amide bonds. The van der Waals surface area contributed by atoms with E-state index in [1.54, 1.807) is 0 Å². The topological polar surface area (TPSA) is 27.7 Å². The highest BCUT2D eigenvalue weighted by Gasteiger charge is 2.47. The zero-order valence-corrected chi connectivity index (χ0v) is 21.5. The monoisotopic (exact) mass is 418 g/mol. The van der Waals surface area contributed by atoms with Crippen molar-refractivity contribution in [1.29, 1.82) is 0 Å². The largest absolute Gasteiger partial charge is 0.414 e. The average molecular weight is 419 g/mol. The third kappa shape index (κ3) is 11.8. The van der Waals surface area contributed by atoms with Gasteiger partial charge >= 0.3 is 17.1 Å². The van der Waals surface area contributed by atoms with Gasteiger partial charge in [0.2, 0.25) is 0 Å². The molecule has 0 rings (SSSR count). The zero-order valence-electron chi connectivity index (χ0n) is 19.5. The second kappa shape index (κ2) is 17.2. The lowest BCUT2D eigenvalue weighted by molar-refractivity contribution is 0.176. The van der Waals surface area contributed by atoms with Gasteiger partial charge < -0.3 is 13.0 Å². The molecule has 0 saturated carbocycles. The summed E-state index contributed by atoms with van der Waals surface area (Å²) < 4.78 is 20.6. The highest BCUT2D eigenvalue weighted by molar-refractivity contribution is 6.81. The summed E-state index contributed by atoms with van der Waals surface area (Å²) in [6.45, 7) is 15.3. The quantitative estimate of drug-likeness (QED) is 0.188. The Hall–Kier alpha value is 0.314. The van der Waals surface area contributed by atoms with E-state index in [1.807, 2.05) is 0 Å². The number of hydrogen-bond acceptors (Lipinski definition) is 3. The third-order valence-corrected chi connectivity index (χ3v) is 14.1. The highest BCUT2D eigenvalue weighted by atomic mass is 28.5. The van der Waals surface area contributed by atoms with Crippen LogP contribution >= 0.6 is 0 Å². The van der Waals surface area contributed by atoms with Crippen molar-refractivity contribution in [2.24, 2.45) is 0 Å². The van der Waals surface area contributed by atoms with Crippen molar-refractivity contribution in [3.63, 3.8) is 0 Å². The molecule has 164 valence electrons. The Kier molecular flexibility index (Phi) is 17.4. The Labute approximate surface area is 173 Å². The molecule has 0 aliphatic carbocycles. The van der Waals surface area contributed by atoms with E-state index < -0.39 is 17.1 Å². The summed E-state index contributed by atoms with van der Waals surface area (Å²) in [5.41, 5.74) is 0. The Morgan fingerprint density at radius 2 is 0.741 bits per heavy atom. The summed E-state index contributed by atoms with van der Waals surface area (Å²) >= 11 is 0. The maximum atomic E-state index is 7.27. The Morgan fingerprint density at radius 1 is 0.444 bits per heavy atom. The molecule has 0 aliphatic rings. The first kappa shape index (κ1) is 27.3. The van der Waals surface area contributed by atoms with E-state index in [0.717, 1.165) is 50.2 Å². The minimum absolute atomic E-state index is 0.847. The molecule has 0 aromatic carbocycles. The van der Waals surface area contributed by atoms with Crippen molar-refractivity contribution >= 4 is 17.1 Å². The van der Waals surface area contributed by atoms with Crippen LogP contribution in [0.2, 0.25) is 24.2 Å². The minimum Gasteiger partial charge on any atom is -0.414 e. The van der Waals surface area contributed by atoms with Crippen molar-refractivity contribution < 1.29 is 13.0 Å². The fourth-order valence-corrected chi connectivity index (χ4v) is 14.1. The Morgan fingerprint density at radius 3 is 0.963 bits per heavy atom. The van der Waals surface area contributed by atoms with E-state index in [-0.39, 0.29) is 0 Å². The summed E-state index contributed by atoms with van der Waals surface area (Å²) in [7, 11) is -4.41. The van der Waals surface area contributed by atoms with Gasteiger partial charge in [-0.1, -0.05) is 92.9 Å². The average Bonchev–Trinajstić information content (AvgIpc) is 2.70. The first-order valence-electron chi connectivity index (χ1n) is 12.1. The molecule has 0 aromatic heterocycles. The van der Waals surface area contributed by atoms with Gasteiger partial charge in [-0.05, 0) is 37.0 Å². The lowest BCUT2D eigenvalue weighted by Crippen LogP contribution is -2.55. The van der Waals surface area contributed by atoms with Crippen LogP contribution in [0.15, 0.2) is 0 Å². The maximum absolute atomic E-state index is 7.27.